The van der Waals surface area contributed by atoms with Crippen LogP contribution < -0.4 is 5.32 Å². The fourth-order valence-corrected chi connectivity index (χ4v) is 1.64. The number of rotatable bonds is 2. The van der Waals surface area contributed by atoms with Gasteiger partial charge in [0.25, 0.3) is 0 Å². The van der Waals surface area contributed by atoms with Crippen molar-refractivity contribution in [1.82, 2.24) is 10.2 Å². The van der Waals surface area contributed by atoms with E-state index in [-0.39, 0.29) is 0 Å². The van der Waals surface area contributed by atoms with Gasteiger partial charge in [0.2, 0.25) is 0 Å². The lowest BCUT2D eigenvalue weighted by atomic mass is 10.2. The number of nitrogens with zero attached hydrogens (tertiary/aromatic N) is 1. The van der Waals surface area contributed by atoms with Crippen molar-refractivity contribution in [3.63, 3.8) is 0 Å². The van der Waals surface area contributed by atoms with Gasteiger partial charge < -0.3 is 5.32 Å². The van der Waals surface area contributed by atoms with Gasteiger partial charge in [-0.2, -0.15) is 0 Å². The number of nitrogens with one attached hydrogen (secondary N) is 1. The predicted molar refractivity (Wildman–Crippen MR) is 53.4 cm³/mol. The quantitative estimate of drug-likeness (QED) is 0.718. The number of piperazine rings is 1. The fraction of sp³-hybridized carbons (Fsp3) is 0.455. The Morgan fingerprint density at radius 1 is 1.31 bits per heavy atom. The highest BCUT2D eigenvalue weighted by Gasteiger charge is 2.08. The van der Waals surface area contributed by atoms with E-state index in [9.17, 15) is 0 Å². The molecule has 1 aliphatic rings. The maximum absolute atomic E-state index is 3.35. The topological polar surface area (TPSA) is 15.3 Å². The third kappa shape index (κ3) is 2.54. The monoisotopic (exact) mass is 175 g/mol. The summed E-state index contributed by atoms with van der Waals surface area (Å²) < 4.78 is 0. The highest BCUT2D eigenvalue weighted by atomic mass is 15.2. The van der Waals surface area contributed by atoms with Crippen LogP contribution in [-0.2, 0) is 6.54 Å². The second-order valence-electron chi connectivity index (χ2n) is 3.41. The van der Waals surface area contributed by atoms with E-state index in [0.29, 0.717) is 0 Å². The Hall–Kier alpha value is -0.860. The van der Waals surface area contributed by atoms with E-state index >= 15 is 0 Å². The van der Waals surface area contributed by atoms with Gasteiger partial charge in [0.05, 0.1) is 0 Å². The fourth-order valence-electron chi connectivity index (χ4n) is 1.64. The third-order valence-electron chi connectivity index (χ3n) is 2.38. The largest absolute Gasteiger partial charge is 0.314 e. The Labute approximate surface area is 79.6 Å². The summed E-state index contributed by atoms with van der Waals surface area (Å²) in [5.74, 6) is 0. The molecule has 1 heterocycles. The van der Waals surface area contributed by atoms with Gasteiger partial charge in [0.1, 0.15) is 0 Å². The van der Waals surface area contributed by atoms with Crippen LogP contribution in [0.3, 0.4) is 0 Å². The van der Waals surface area contributed by atoms with Crippen molar-refractivity contribution in [3.05, 3.63) is 35.9 Å². The van der Waals surface area contributed by atoms with E-state index < -0.39 is 0 Å². The SMILES string of the molecule is [c]1ccccc1CN1CCNCC1. The van der Waals surface area contributed by atoms with Gasteiger partial charge in [0, 0.05) is 32.7 Å². The molecule has 1 fully saturated rings. The molecule has 0 bridgehead atoms. The molecule has 69 valence electrons. The van der Waals surface area contributed by atoms with Crippen LogP contribution in [0.5, 0.6) is 0 Å². The maximum atomic E-state index is 3.35. The summed E-state index contributed by atoms with van der Waals surface area (Å²) in [4.78, 5) is 2.46. The lowest BCUT2D eigenvalue weighted by Crippen LogP contribution is -2.42. The van der Waals surface area contributed by atoms with Gasteiger partial charge in [0.15, 0.2) is 0 Å². The maximum Gasteiger partial charge on any atom is 0.0240 e. The average Bonchev–Trinajstić information content (AvgIpc) is 2.21. The van der Waals surface area contributed by atoms with Crippen molar-refractivity contribution >= 4 is 0 Å². The summed E-state index contributed by atoms with van der Waals surface area (Å²) in [7, 11) is 0. The minimum absolute atomic E-state index is 1.04. The zero-order valence-electron chi connectivity index (χ0n) is 7.79. The molecule has 0 saturated carbocycles. The highest BCUT2D eigenvalue weighted by Crippen LogP contribution is 2.03. The zero-order chi connectivity index (χ0) is 8.93. The molecule has 1 aromatic rings. The van der Waals surface area contributed by atoms with Crippen molar-refractivity contribution in [2.75, 3.05) is 26.2 Å². The lowest BCUT2D eigenvalue weighted by Gasteiger charge is -2.26. The standard InChI is InChI=1S/C11H15N2/c1-2-4-11(5-3-1)10-13-8-6-12-7-9-13/h1-4,12H,6-10H2. The Kier molecular flexibility index (Phi) is 2.95. The van der Waals surface area contributed by atoms with E-state index in [1.807, 2.05) is 12.1 Å². The molecule has 2 nitrogen and oxygen atoms in total. The first-order valence-corrected chi connectivity index (χ1v) is 4.84. The molecule has 2 heteroatoms. The molecule has 0 atom stereocenters. The van der Waals surface area contributed by atoms with Crippen molar-refractivity contribution in [3.8, 4) is 0 Å². The molecule has 1 aliphatic heterocycles. The summed E-state index contributed by atoms with van der Waals surface area (Å²) in [6, 6.07) is 11.5. The summed E-state index contributed by atoms with van der Waals surface area (Å²) in [5, 5.41) is 3.35. The third-order valence-corrected chi connectivity index (χ3v) is 2.38. The molecule has 0 unspecified atom stereocenters. The van der Waals surface area contributed by atoms with Crippen LogP contribution in [0.25, 0.3) is 0 Å². The van der Waals surface area contributed by atoms with E-state index in [0.717, 1.165) is 32.7 Å². The summed E-state index contributed by atoms with van der Waals surface area (Å²) in [5.41, 5.74) is 1.30. The van der Waals surface area contributed by atoms with E-state index in [2.05, 4.69) is 28.4 Å². The van der Waals surface area contributed by atoms with Crippen molar-refractivity contribution in [1.29, 1.82) is 0 Å². The first-order valence-electron chi connectivity index (χ1n) is 4.84. The lowest BCUT2D eigenvalue weighted by molar-refractivity contribution is 0.233. The van der Waals surface area contributed by atoms with Gasteiger partial charge in [-0.1, -0.05) is 24.3 Å². The second-order valence-corrected chi connectivity index (χ2v) is 3.41. The van der Waals surface area contributed by atoms with E-state index in [4.69, 9.17) is 0 Å². The van der Waals surface area contributed by atoms with Gasteiger partial charge in [-0.25, -0.2) is 0 Å². The number of benzene rings is 1. The molecular weight excluding hydrogens is 160 g/mol. The van der Waals surface area contributed by atoms with Gasteiger partial charge in [-0.15, -0.1) is 0 Å². The molecule has 13 heavy (non-hydrogen) atoms. The average molecular weight is 175 g/mol. The molecule has 1 saturated heterocycles. The minimum Gasteiger partial charge on any atom is -0.314 e. The summed E-state index contributed by atoms with van der Waals surface area (Å²) >= 11 is 0. The number of hydrogen-bond donors (Lipinski definition) is 1. The van der Waals surface area contributed by atoms with Gasteiger partial charge >= 0.3 is 0 Å². The van der Waals surface area contributed by atoms with Crippen molar-refractivity contribution < 1.29 is 0 Å². The van der Waals surface area contributed by atoms with Crippen LogP contribution in [0.2, 0.25) is 0 Å². The van der Waals surface area contributed by atoms with Crippen LogP contribution in [0.1, 0.15) is 5.56 Å². The smallest absolute Gasteiger partial charge is 0.0240 e. The summed E-state index contributed by atoms with van der Waals surface area (Å²) in [6.07, 6.45) is 0. The first-order chi connectivity index (χ1) is 6.45. The molecule has 0 spiro atoms. The molecule has 0 aromatic heterocycles. The van der Waals surface area contributed by atoms with Crippen LogP contribution in [-0.4, -0.2) is 31.1 Å². The molecule has 1 N–H and O–H groups in total. The molecule has 1 radical (unpaired) electrons. The van der Waals surface area contributed by atoms with Crippen LogP contribution >= 0.6 is 0 Å². The van der Waals surface area contributed by atoms with Crippen LogP contribution in [0.15, 0.2) is 24.3 Å². The molecule has 2 rings (SSSR count). The van der Waals surface area contributed by atoms with Gasteiger partial charge in [-0.3, -0.25) is 4.90 Å². The van der Waals surface area contributed by atoms with Crippen LogP contribution in [0, 0.1) is 6.07 Å². The second kappa shape index (κ2) is 4.40. The Morgan fingerprint density at radius 3 is 2.85 bits per heavy atom. The molecule has 0 aliphatic carbocycles. The number of hydrogen-bond acceptors (Lipinski definition) is 2. The molecule has 1 aromatic carbocycles. The molecule has 0 amide bonds. The van der Waals surface area contributed by atoms with Crippen molar-refractivity contribution in [2.45, 2.75) is 6.54 Å². The molecular formula is C11H15N2. The summed E-state index contributed by atoms with van der Waals surface area (Å²) in [6.45, 7) is 5.59. The normalized spacial score (nSPS) is 18.8. The predicted octanol–water partition coefficient (Wildman–Crippen LogP) is 0.892. The van der Waals surface area contributed by atoms with Gasteiger partial charge in [-0.05, 0) is 11.6 Å². The Morgan fingerprint density at radius 2 is 2.15 bits per heavy atom. The zero-order valence-corrected chi connectivity index (χ0v) is 7.79. The van der Waals surface area contributed by atoms with Crippen LogP contribution in [0.4, 0.5) is 0 Å². The van der Waals surface area contributed by atoms with E-state index in [1.54, 1.807) is 0 Å². The van der Waals surface area contributed by atoms with E-state index in [1.165, 1.54) is 5.56 Å². The Bertz CT molecular complexity index is 240. The highest BCUT2D eigenvalue weighted by molar-refractivity contribution is 5.12. The Balaban J connectivity index is 1.90. The minimum atomic E-state index is 1.04. The van der Waals surface area contributed by atoms with Crippen molar-refractivity contribution in [2.24, 2.45) is 0 Å². The first kappa shape index (κ1) is 8.73.